The number of nitrogens with one attached hydrogen (secondary N) is 1. The molecule has 0 atom stereocenters. The summed E-state index contributed by atoms with van der Waals surface area (Å²) in [5, 5.41) is 10.0. The van der Waals surface area contributed by atoms with Crippen LogP contribution in [0.1, 0.15) is 17.4 Å². The van der Waals surface area contributed by atoms with Gasteiger partial charge >= 0.3 is 0 Å². The summed E-state index contributed by atoms with van der Waals surface area (Å²) in [6, 6.07) is 6.69. The second kappa shape index (κ2) is 2.62. The number of aromatic hydroxyl groups is 1. The molecule has 0 bridgehead atoms. The second-order valence-electron chi connectivity index (χ2n) is 3.01. The minimum atomic E-state index is -0.00399. The highest BCUT2D eigenvalue weighted by Crippen LogP contribution is 2.20. The van der Waals surface area contributed by atoms with Crippen LogP contribution in [0.15, 0.2) is 24.3 Å². The largest absolute Gasteiger partial charge is 0.508 e. The van der Waals surface area contributed by atoms with Crippen LogP contribution in [-0.2, 0) is 0 Å². The van der Waals surface area contributed by atoms with Gasteiger partial charge in [-0.3, -0.25) is 4.79 Å². The summed E-state index contributed by atoms with van der Waals surface area (Å²) >= 11 is 0. The number of benzene rings is 1. The highest BCUT2D eigenvalue weighted by atomic mass is 16.3. The van der Waals surface area contributed by atoms with Crippen LogP contribution in [0.5, 0.6) is 5.75 Å². The molecule has 13 heavy (non-hydrogen) atoms. The van der Waals surface area contributed by atoms with Gasteiger partial charge in [0.2, 0.25) is 0 Å². The Morgan fingerprint density at radius 1 is 1.38 bits per heavy atom. The minimum absolute atomic E-state index is 0.00399. The Morgan fingerprint density at radius 3 is 2.85 bits per heavy atom. The molecule has 0 radical (unpaired) electrons. The standard InChI is InChI=1S/C10H9NO2/c1-6(12)10-5-7-4-8(13)2-3-9(7)11-10/h2-5,11,13H,1H3. The number of carbonyl (C=O) groups is 1. The fourth-order valence-electron chi connectivity index (χ4n) is 1.31. The van der Waals surface area contributed by atoms with Crippen molar-refractivity contribution in [2.45, 2.75) is 6.92 Å². The lowest BCUT2D eigenvalue weighted by molar-refractivity contribution is 0.101. The maximum Gasteiger partial charge on any atom is 0.175 e. The van der Waals surface area contributed by atoms with Gasteiger partial charge in [0.05, 0.1) is 5.69 Å². The summed E-state index contributed by atoms with van der Waals surface area (Å²) in [6.45, 7) is 1.50. The fourth-order valence-corrected chi connectivity index (χ4v) is 1.31. The molecule has 2 rings (SSSR count). The molecule has 0 spiro atoms. The molecule has 3 nitrogen and oxygen atoms in total. The summed E-state index contributed by atoms with van der Waals surface area (Å²) < 4.78 is 0. The van der Waals surface area contributed by atoms with E-state index in [1.807, 2.05) is 0 Å². The number of Topliss-reactive ketones (excluding diaryl/α,β-unsaturated/α-hetero) is 1. The number of rotatable bonds is 1. The van der Waals surface area contributed by atoms with Gasteiger partial charge in [0.15, 0.2) is 5.78 Å². The smallest absolute Gasteiger partial charge is 0.175 e. The molecular formula is C10H9NO2. The molecule has 2 N–H and O–H groups in total. The van der Waals surface area contributed by atoms with Crippen LogP contribution in [-0.4, -0.2) is 15.9 Å². The van der Waals surface area contributed by atoms with Gasteiger partial charge in [-0.05, 0) is 24.3 Å². The number of phenols is 1. The highest BCUT2D eigenvalue weighted by Gasteiger charge is 2.04. The van der Waals surface area contributed by atoms with Gasteiger partial charge in [0, 0.05) is 17.8 Å². The first-order valence-corrected chi connectivity index (χ1v) is 3.99. The number of phenolic OH excluding ortho intramolecular Hbond substituents is 1. The van der Waals surface area contributed by atoms with Crippen molar-refractivity contribution in [3.05, 3.63) is 30.0 Å². The Kier molecular flexibility index (Phi) is 1.59. The van der Waals surface area contributed by atoms with Crippen LogP contribution in [0.3, 0.4) is 0 Å². The van der Waals surface area contributed by atoms with Crippen LogP contribution in [0.25, 0.3) is 10.9 Å². The Bertz CT molecular complexity index is 471. The monoisotopic (exact) mass is 175 g/mol. The molecule has 66 valence electrons. The van der Waals surface area contributed by atoms with Crippen molar-refractivity contribution in [1.82, 2.24) is 4.98 Å². The predicted octanol–water partition coefficient (Wildman–Crippen LogP) is 2.08. The molecule has 1 aromatic carbocycles. The van der Waals surface area contributed by atoms with E-state index in [-0.39, 0.29) is 11.5 Å². The van der Waals surface area contributed by atoms with E-state index in [1.54, 1.807) is 24.3 Å². The lowest BCUT2D eigenvalue weighted by Crippen LogP contribution is -1.89. The van der Waals surface area contributed by atoms with Crippen LogP contribution in [0.2, 0.25) is 0 Å². The SMILES string of the molecule is CC(=O)c1cc2cc(O)ccc2[nH]1. The van der Waals surface area contributed by atoms with Crippen molar-refractivity contribution < 1.29 is 9.90 Å². The Labute approximate surface area is 75.0 Å². The van der Waals surface area contributed by atoms with E-state index < -0.39 is 0 Å². The molecule has 3 heteroatoms. The molecule has 0 amide bonds. The first-order chi connectivity index (χ1) is 6.16. The molecule has 0 aliphatic carbocycles. The molecule has 0 unspecified atom stereocenters. The maximum absolute atomic E-state index is 11.0. The third kappa shape index (κ3) is 1.28. The molecule has 0 aliphatic rings. The average Bonchev–Trinajstić information content (AvgIpc) is 2.46. The zero-order valence-corrected chi connectivity index (χ0v) is 7.16. The van der Waals surface area contributed by atoms with Gasteiger partial charge in [-0.15, -0.1) is 0 Å². The van der Waals surface area contributed by atoms with Gasteiger partial charge < -0.3 is 10.1 Å². The van der Waals surface area contributed by atoms with Crippen molar-refractivity contribution >= 4 is 16.7 Å². The molecule has 1 heterocycles. The van der Waals surface area contributed by atoms with Crippen LogP contribution >= 0.6 is 0 Å². The predicted molar refractivity (Wildman–Crippen MR) is 50.0 cm³/mol. The van der Waals surface area contributed by atoms with Gasteiger partial charge in [0.1, 0.15) is 5.75 Å². The lowest BCUT2D eigenvalue weighted by Gasteiger charge is -1.89. The third-order valence-electron chi connectivity index (χ3n) is 1.98. The summed E-state index contributed by atoms with van der Waals surface area (Å²) in [7, 11) is 0. The summed E-state index contributed by atoms with van der Waals surface area (Å²) in [5.74, 6) is 0.206. The Morgan fingerprint density at radius 2 is 2.15 bits per heavy atom. The number of hydrogen-bond acceptors (Lipinski definition) is 2. The number of aromatic nitrogens is 1. The second-order valence-corrected chi connectivity index (χ2v) is 3.01. The van der Waals surface area contributed by atoms with Gasteiger partial charge in [0.25, 0.3) is 0 Å². The van der Waals surface area contributed by atoms with Crippen LogP contribution < -0.4 is 0 Å². The van der Waals surface area contributed by atoms with E-state index in [2.05, 4.69) is 4.98 Å². The summed E-state index contributed by atoms with van der Waals surface area (Å²) in [6.07, 6.45) is 0. The number of fused-ring (bicyclic) bond motifs is 1. The number of carbonyl (C=O) groups excluding carboxylic acids is 1. The molecule has 2 aromatic rings. The van der Waals surface area contributed by atoms with Crippen molar-refractivity contribution in [1.29, 1.82) is 0 Å². The van der Waals surface area contributed by atoms with E-state index in [9.17, 15) is 9.90 Å². The van der Waals surface area contributed by atoms with E-state index in [0.717, 1.165) is 10.9 Å². The maximum atomic E-state index is 11.0. The van der Waals surface area contributed by atoms with E-state index in [0.29, 0.717) is 5.69 Å². The van der Waals surface area contributed by atoms with Crippen molar-refractivity contribution in [2.75, 3.05) is 0 Å². The Hall–Kier alpha value is -1.77. The van der Waals surface area contributed by atoms with E-state index in [4.69, 9.17) is 0 Å². The van der Waals surface area contributed by atoms with Gasteiger partial charge in [-0.25, -0.2) is 0 Å². The molecular weight excluding hydrogens is 166 g/mol. The zero-order valence-electron chi connectivity index (χ0n) is 7.16. The molecule has 0 saturated carbocycles. The van der Waals surface area contributed by atoms with E-state index in [1.165, 1.54) is 6.92 Å². The third-order valence-corrected chi connectivity index (χ3v) is 1.98. The Balaban J connectivity index is 2.68. The first kappa shape index (κ1) is 7.86. The summed E-state index contributed by atoms with van der Waals surface area (Å²) in [5.41, 5.74) is 1.43. The van der Waals surface area contributed by atoms with Gasteiger partial charge in [-0.1, -0.05) is 0 Å². The number of H-pyrrole nitrogens is 1. The van der Waals surface area contributed by atoms with Gasteiger partial charge in [-0.2, -0.15) is 0 Å². The highest BCUT2D eigenvalue weighted by molar-refractivity contribution is 5.98. The number of aromatic amines is 1. The van der Waals surface area contributed by atoms with Crippen molar-refractivity contribution in [3.63, 3.8) is 0 Å². The van der Waals surface area contributed by atoms with Crippen molar-refractivity contribution in [2.24, 2.45) is 0 Å². The lowest BCUT2D eigenvalue weighted by atomic mass is 10.2. The molecule has 0 saturated heterocycles. The van der Waals surface area contributed by atoms with Crippen LogP contribution in [0, 0.1) is 0 Å². The quantitative estimate of drug-likeness (QED) is 0.652. The normalized spacial score (nSPS) is 10.5. The molecule has 0 fully saturated rings. The zero-order chi connectivity index (χ0) is 9.42. The number of ketones is 1. The first-order valence-electron chi connectivity index (χ1n) is 3.99. The topological polar surface area (TPSA) is 53.1 Å². The molecule has 1 aromatic heterocycles. The average molecular weight is 175 g/mol. The number of hydrogen-bond donors (Lipinski definition) is 2. The fraction of sp³-hybridized carbons (Fsp3) is 0.100. The minimum Gasteiger partial charge on any atom is -0.508 e. The van der Waals surface area contributed by atoms with Crippen molar-refractivity contribution in [3.8, 4) is 5.75 Å². The summed E-state index contributed by atoms with van der Waals surface area (Å²) in [4.78, 5) is 14.0. The van der Waals surface area contributed by atoms with E-state index >= 15 is 0 Å². The molecule has 0 aliphatic heterocycles. The van der Waals surface area contributed by atoms with Crippen LogP contribution in [0.4, 0.5) is 0 Å².